The van der Waals surface area contributed by atoms with Crippen LogP contribution in [0.15, 0.2) is 18.2 Å². The first kappa shape index (κ1) is 33.9. The normalized spacial score (nSPS) is 15.2. The lowest BCUT2D eigenvalue weighted by molar-refractivity contribution is -0.156. The zero-order valence-electron chi connectivity index (χ0n) is 24.7. The van der Waals surface area contributed by atoms with Crippen molar-refractivity contribution in [2.24, 2.45) is 17.6 Å². The zero-order valence-corrected chi connectivity index (χ0v) is 24.7. The minimum absolute atomic E-state index is 0.0565. The number of benzene rings is 1. The fourth-order valence-electron chi connectivity index (χ4n) is 2.87. The molecule has 0 saturated carbocycles. The summed E-state index contributed by atoms with van der Waals surface area (Å²) < 4.78 is 26.9. The molecule has 0 aromatic heterocycles. The van der Waals surface area contributed by atoms with Crippen molar-refractivity contribution in [3.8, 4) is 11.5 Å². The average molecular weight is 552 g/mol. The highest BCUT2D eigenvalue weighted by Gasteiger charge is 2.28. The molecule has 2 unspecified atom stereocenters. The molecule has 0 bridgehead atoms. The molecule has 39 heavy (non-hydrogen) atoms. The summed E-state index contributed by atoms with van der Waals surface area (Å²) in [5, 5.41) is 0. The highest BCUT2D eigenvalue weighted by molar-refractivity contribution is 5.79. The molecule has 0 heterocycles. The monoisotopic (exact) mass is 551 g/mol. The van der Waals surface area contributed by atoms with Crippen LogP contribution in [-0.2, 0) is 35.0 Å². The van der Waals surface area contributed by atoms with Gasteiger partial charge in [-0.3, -0.25) is 14.4 Å². The highest BCUT2D eigenvalue weighted by atomic mass is 16.7. The maximum absolute atomic E-state index is 12.7. The van der Waals surface area contributed by atoms with Gasteiger partial charge in [0.25, 0.3) is 0 Å². The Balaban J connectivity index is 2.93. The van der Waals surface area contributed by atoms with Crippen LogP contribution in [0, 0.1) is 11.8 Å². The number of nitrogens with two attached hydrogens (primary N) is 1. The van der Waals surface area contributed by atoms with Crippen LogP contribution in [0.5, 0.6) is 11.5 Å². The first-order valence-corrected chi connectivity index (χ1v) is 13.6. The third-order valence-corrected chi connectivity index (χ3v) is 6.67. The second-order valence-corrected chi connectivity index (χ2v) is 10.5. The molecule has 10 nitrogen and oxygen atoms in total. The number of ether oxygens (including phenoxy) is 5. The summed E-state index contributed by atoms with van der Waals surface area (Å²) in [4.78, 5) is 49.5. The number of esters is 3. The maximum atomic E-state index is 12.7. The Morgan fingerprint density at radius 3 is 1.82 bits per heavy atom. The first-order valence-electron chi connectivity index (χ1n) is 13.6. The Bertz CT molecular complexity index is 991. The van der Waals surface area contributed by atoms with E-state index in [4.69, 9.17) is 29.4 Å². The van der Waals surface area contributed by atoms with E-state index in [0.29, 0.717) is 24.8 Å². The number of rotatable bonds is 14. The van der Waals surface area contributed by atoms with E-state index < -0.39 is 47.9 Å². The molecule has 10 heteroatoms. The van der Waals surface area contributed by atoms with Gasteiger partial charge in [0.1, 0.15) is 23.9 Å². The fourth-order valence-corrected chi connectivity index (χ4v) is 2.87. The van der Waals surface area contributed by atoms with Gasteiger partial charge in [0.15, 0.2) is 11.5 Å². The Morgan fingerprint density at radius 2 is 1.31 bits per heavy atom. The quantitative estimate of drug-likeness (QED) is 0.245. The molecule has 0 spiro atoms. The maximum Gasteiger partial charge on any atom is 0.509 e. The van der Waals surface area contributed by atoms with E-state index in [0.717, 1.165) is 0 Å². The Morgan fingerprint density at radius 1 is 0.795 bits per heavy atom. The molecule has 5 atom stereocenters. The summed E-state index contributed by atoms with van der Waals surface area (Å²) >= 11 is 0. The van der Waals surface area contributed by atoms with Gasteiger partial charge in [0.05, 0.1) is 11.8 Å². The third-order valence-electron chi connectivity index (χ3n) is 6.67. The van der Waals surface area contributed by atoms with Crippen molar-refractivity contribution in [3.05, 3.63) is 23.8 Å². The van der Waals surface area contributed by atoms with E-state index >= 15 is 0 Å². The standard InChI is InChI=1S/C29H45NO9/c1-10-17(4)25(31)37-23-14-13-21(16-24(23)38-26(32)18(5)11-2)15-22(30)27(33)35-19(6)20(7)36-28(34)39-29(8,9)12-3/h13-14,16-20,22H,10-12,15,30H2,1-9H3/t17?,18?,19-,20-,22-/m0/s1. The van der Waals surface area contributed by atoms with E-state index in [-0.39, 0.29) is 29.8 Å². The largest absolute Gasteiger partial charge is 0.509 e. The average Bonchev–Trinajstić information content (AvgIpc) is 2.88. The van der Waals surface area contributed by atoms with Crippen LogP contribution in [0.2, 0.25) is 0 Å². The molecule has 220 valence electrons. The Kier molecular flexibility index (Phi) is 13.4. The van der Waals surface area contributed by atoms with Crippen LogP contribution >= 0.6 is 0 Å². The molecule has 0 aliphatic heterocycles. The van der Waals surface area contributed by atoms with E-state index in [1.165, 1.54) is 12.1 Å². The van der Waals surface area contributed by atoms with Crippen molar-refractivity contribution < 1.29 is 42.9 Å². The van der Waals surface area contributed by atoms with Gasteiger partial charge in [-0.2, -0.15) is 0 Å². The summed E-state index contributed by atoms with van der Waals surface area (Å²) in [6, 6.07) is 3.60. The number of carbonyl (C=O) groups excluding carboxylic acids is 4. The number of carbonyl (C=O) groups is 4. The predicted octanol–water partition coefficient (Wildman–Crippen LogP) is 5.12. The number of hydrogen-bond donors (Lipinski definition) is 1. The number of hydrogen-bond acceptors (Lipinski definition) is 10. The summed E-state index contributed by atoms with van der Waals surface area (Å²) in [7, 11) is 0. The molecular weight excluding hydrogens is 506 g/mol. The van der Waals surface area contributed by atoms with E-state index in [1.54, 1.807) is 47.6 Å². The van der Waals surface area contributed by atoms with Gasteiger partial charge in [-0.15, -0.1) is 0 Å². The van der Waals surface area contributed by atoms with Gasteiger partial charge in [-0.05, 0) is 71.1 Å². The van der Waals surface area contributed by atoms with Gasteiger partial charge >= 0.3 is 24.1 Å². The minimum atomic E-state index is -1.06. The van der Waals surface area contributed by atoms with Crippen molar-refractivity contribution >= 4 is 24.1 Å². The van der Waals surface area contributed by atoms with E-state index in [1.807, 2.05) is 20.8 Å². The van der Waals surface area contributed by atoms with Crippen LogP contribution in [0.25, 0.3) is 0 Å². The lowest BCUT2D eigenvalue weighted by Crippen LogP contribution is -2.40. The van der Waals surface area contributed by atoms with Crippen LogP contribution in [0.1, 0.15) is 87.1 Å². The van der Waals surface area contributed by atoms with E-state index in [2.05, 4.69) is 0 Å². The van der Waals surface area contributed by atoms with Crippen molar-refractivity contribution in [3.63, 3.8) is 0 Å². The second kappa shape index (κ2) is 15.5. The van der Waals surface area contributed by atoms with E-state index in [9.17, 15) is 19.2 Å². The van der Waals surface area contributed by atoms with Gasteiger partial charge in [-0.1, -0.05) is 40.7 Å². The highest BCUT2D eigenvalue weighted by Crippen LogP contribution is 2.31. The SMILES string of the molecule is CCC(C)C(=O)Oc1ccc(C[C@H](N)C(=O)O[C@@H](C)[C@H](C)OC(=O)OC(C)(C)CC)cc1OC(=O)C(C)CC. The Labute approximate surface area is 231 Å². The zero-order chi connectivity index (χ0) is 29.9. The third kappa shape index (κ3) is 11.2. The molecule has 0 amide bonds. The summed E-state index contributed by atoms with van der Waals surface area (Å²) in [5.74, 6) is -2.14. The lowest BCUT2D eigenvalue weighted by atomic mass is 10.1. The van der Waals surface area contributed by atoms with Crippen LogP contribution < -0.4 is 15.2 Å². The molecular formula is C29H45NO9. The minimum Gasteiger partial charge on any atom is -0.458 e. The van der Waals surface area contributed by atoms with Crippen LogP contribution in [-0.4, -0.2) is 47.9 Å². The predicted molar refractivity (Wildman–Crippen MR) is 145 cm³/mol. The fraction of sp³-hybridized carbons (Fsp3) is 0.655. The molecule has 1 aromatic rings. The summed E-state index contributed by atoms with van der Waals surface area (Å²) in [6.45, 7) is 15.8. The summed E-state index contributed by atoms with van der Waals surface area (Å²) in [5.41, 5.74) is 5.99. The summed E-state index contributed by atoms with van der Waals surface area (Å²) in [6.07, 6.45) is -0.573. The smallest absolute Gasteiger partial charge is 0.458 e. The lowest BCUT2D eigenvalue weighted by Gasteiger charge is -2.26. The van der Waals surface area contributed by atoms with Gasteiger partial charge < -0.3 is 29.4 Å². The van der Waals surface area contributed by atoms with Gasteiger partial charge in [0, 0.05) is 0 Å². The molecule has 0 radical (unpaired) electrons. The molecule has 0 fully saturated rings. The van der Waals surface area contributed by atoms with Crippen molar-refractivity contribution in [1.29, 1.82) is 0 Å². The van der Waals surface area contributed by atoms with Gasteiger partial charge in [-0.25, -0.2) is 4.79 Å². The molecule has 1 aromatic carbocycles. The molecule has 1 rings (SSSR count). The Hall–Kier alpha value is -3.14. The van der Waals surface area contributed by atoms with Crippen molar-refractivity contribution in [1.82, 2.24) is 0 Å². The molecule has 0 aliphatic rings. The molecule has 0 saturated heterocycles. The van der Waals surface area contributed by atoms with Crippen LogP contribution in [0.3, 0.4) is 0 Å². The van der Waals surface area contributed by atoms with Crippen molar-refractivity contribution in [2.75, 3.05) is 0 Å². The van der Waals surface area contributed by atoms with Gasteiger partial charge in [0.2, 0.25) is 0 Å². The van der Waals surface area contributed by atoms with Crippen LogP contribution in [0.4, 0.5) is 4.79 Å². The molecule has 0 aliphatic carbocycles. The second-order valence-electron chi connectivity index (χ2n) is 10.5. The van der Waals surface area contributed by atoms with Crippen molar-refractivity contribution in [2.45, 2.75) is 112 Å². The topological polar surface area (TPSA) is 140 Å². The first-order chi connectivity index (χ1) is 18.1. The molecule has 2 N–H and O–H groups in total.